The summed E-state index contributed by atoms with van der Waals surface area (Å²) < 4.78 is 36.0. The number of benzene rings is 2. The number of ether oxygens (including phenoxy) is 2. The lowest BCUT2D eigenvalue weighted by Gasteiger charge is -2.32. The van der Waals surface area contributed by atoms with Crippen molar-refractivity contribution in [3.05, 3.63) is 65.2 Å². The molecule has 0 bridgehead atoms. The van der Waals surface area contributed by atoms with Gasteiger partial charge in [-0.15, -0.1) is 0 Å². The molecule has 2 aromatic carbocycles. The Kier molecular flexibility index (Phi) is 7.55. The molecule has 1 aliphatic heterocycles. The number of rotatable bonds is 8. The Labute approximate surface area is 185 Å². The molecule has 31 heavy (non-hydrogen) atoms. The summed E-state index contributed by atoms with van der Waals surface area (Å²) in [6.07, 6.45) is 2.57. The van der Waals surface area contributed by atoms with Crippen molar-refractivity contribution in [2.75, 3.05) is 0 Å². The zero-order valence-corrected chi connectivity index (χ0v) is 19.5. The van der Waals surface area contributed by atoms with Crippen LogP contribution in [0.25, 0.3) is 0 Å². The van der Waals surface area contributed by atoms with Crippen LogP contribution >= 0.6 is 0 Å². The maximum atomic E-state index is 12.6. The van der Waals surface area contributed by atoms with Crippen LogP contribution in [0, 0.1) is 0 Å². The zero-order valence-electron chi connectivity index (χ0n) is 18.7. The topological polar surface area (TPSA) is 69.7 Å². The van der Waals surface area contributed by atoms with E-state index in [1.54, 1.807) is 38.1 Å². The van der Waals surface area contributed by atoms with Crippen molar-refractivity contribution in [1.82, 2.24) is 0 Å². The molecule has 0 saturated carbocycles. The van der Waals surface area contributed by atoms with Gasteiger partial charge in [0.2, 0.25) is 0 Å². The number of sulfone groups is 1. The highest BCUT2D eigenvalue weighted by Gasteiger charge is 2.25. The maximum Gasteiger partial charge on any atom is 0.167 e. The number of carbonyl (C=O) groups excluding carboxylic acids is 1. The van der Waals surface area contributed by atoms with E-state index in [9.17, 15) is 13.2 Å². The number of hydrogen-bond donors (Lipinski definition) is 0. The fourth-order valence-corrected chi connectivity index (χ4v) is 4.78. The van der Waals surface area contributed by atoms with Crippen molar-refractivity contribution >= 4 is 15.6 Å². The SMILES string of the molecule is CC1CC(Oc2ccc(CC(=O)c3ccc(CS(=O)(=O)C(C)C)cc3)cc2)CC(C)O1. The largest absolute Gasteiger partial charge is 0.490 e. The molecule has 1 heterocycles. The highest BCUT2D eigenvalue weighted by atomic mass is 32.2. The van der Waals surface area contributed by atoms with E-state index < -0.39 is 15.1 Å². The molecule has 0 aliphatic carbocycles. The minimum atomic E-state index is -3.16. The standard InChI is InChI=1S/C25H32O5S/c1-17(2)31(27,28)16-21-5-9-22(10-6-21)25(26)15-20-7-11-23(12-8-20)30-24-13-18(3)29-19(4)14-24/h5-12,17-19,24H,13-16H2,1-4H3. The van der Waals surface area contributed by atoms with Gasteiger partial charge in [-0.3, -0.25) is 4.79 Å². The Bertz CT molecular complexity index is 968. The smallest absolute Gasteiger partial charge is 0.167 e. The van der Waals surface area contributed by atoms with Gasteiger partial charge in [-0.25, -0.2) is 8.42 Å². The van der Waals surface area contributed by atoms with Gasteiger partial charge in [-0.1, -0.05) is 36.4 Å². The lowest BCUT2D eigenvalue weighted by Crippen LogP contribution is -2.35. The molecule has 2 aromatic rings. The first-order valence-electron chi connectivity index (χ1n) is 10.9. The zero-order chi connectivity index (χ0) is 22.6. The summed E-state index contributed by atoms with van der Waals surface area (Å²) in [6, 6.07) is 14.5. The van der Waals surface area contributed by atoms with Crippen LogP contribution in [0.4, 0.5) is 0 Å². The average molecular weight is 445 g/mol. The summed E-state index contributed by atoms with van der Waals surface area (Å²) in [5.41, 5.74) is 2.19. The van der Waals surface area contributed by atoms with Crippen LogP contribution < -0.4 is 4.74 Å². The predicted octanol–water partition coefficient (Wildman–Crippen LogP) is 4.77. The molecule has 3 rings (SSSR count). The lowest BCUT2D eigenvalue weighted by atomic mass is 10.0. The van der Waals surface area contributed by atoms with E-state index in [4.69, 9.17) is 9.47 Å². The van der Waals surface area contributed by atoms with Gasteiger partial charge in [0, 0.05) is 24.8 Å². The third-order valence-electron chi connectivity index (χ3n) is 5.61. The summed E-state index contributed by atoms with van der Waals surface area (Å²) in [7, 11) is -3.16. The van der Waals surface area contributed by atoms with E-state index in [1.807, 2.05) is 24.3 Å². The lowest BCUT2D eigenvalue weighted by molar-refractivity contribution is -0.0721. The summed E-state index contributed by atoms with van der Waals surface area (Å²) in [5, 5.41) is -0.418. The van der Waals surface area contributed by atoms with Crippen molar-refractivity contribution in [3.8, 4) is 5.75 Å². The molecule has 0 amide bonds. The second kappa shape index (κ2) is 9.96. The second-order valence-corrected chi connectivity index (χ2v) is 11.3. The van der Waals surface area contributed by atoms with Crippen LogP contribution in [-0.4, -0.2) is 37.8 Å². The first-order valence-corrected chi connectivity index (χ1v) is 12.6. The molecule has 2 atom stereocenters. The third kappa shape index (κ3) is 6.65. The van der Waals surface area contributed by atoms with Crippen LogP contribution in [0.3, 0.4) is 0 Å². The van der Waals surface area contributed by atoms with Crippen LogP contribution in [-0.2, 0) is 26.7 Å². The summed E-state index contributed by atoms with van der Waals surface area (Å²) in [6.45, 7) is 7.48. The highest BCUT2D eigenvalue weighted by Crippen LogP contribution is 2.24. The number of Topliss-reactive ketones (excluding diaryl/α,β-unsaturated/α-hetero) is 1. The fourth-order valence-electron chi connectivity index (χ4n) is 3.79. The van der Waals surface area contributed by atoms with Crippen molar-refractivity contribution in [1.29, 1.82) is 0 Å². The first-order chi connectivity index (χ1) is 14.6. The molecule has 0 N–H and O–H groups in total. The van der Waals surface area contributed by atoms with Crippen LogP contribution in [0.2, 0.25) is 0 Å². The molecule has 0 aromatic heterocycles. The maximum absolute atomic E-state index is 12.6. The van der Waals surface area contributed by atoms with Gasteiger partial charge in [0.15, 0.2) is 15.6 Å². The van der Waals surface area contributed by atoms with Gasteiger partial charge in [0.25, 0.3) is 0 Å². The summed E-state index contributed by atoms with van der Waals surface area (Å²) in [5.74, 6) is 0.794. The van der Waals surface area contributed by atoms with E-state index in [1.165, 1.54) is 0 Å². The van der Waals surface area contributed by atoms with E-state index in [2.05, 4.69) is 13.8 Å². The van der Waals surface area contributed by atoms with Gasteiger partial charge in [-0.2, -0.15) is 0 Å². The summed E-state index contributed by atoms with van der Waals surface area (Å²) in [4.78, 5) is 12.6. The Morgan fingerprint density at radius 2 is 1.52 bits per heavy atom. The van der Waals surface area contributed by atoms with Crippen molar-refractivity contribution in [3.63, 3.8) is 0 Å². The number of carbonyl (C=O) groups is 1. The Hall–Kier alpha value is -2.18. The molecule has 6 heteroatoms. The van der Waals surface area contributed by atoms with Gasteiger partial charge < -0.3 is 9.47 Å². The number of ketones is 1. The molecular weight excluding hydrogens is 412 g/mol. The minimum absolute atomic E-state index is 0.000913. The molecule has 168 valence electrons. The first kappa shape index (κ1) is 23.5. The van der Waals surface area contributed by atoms with Crippen molar-refractivity contribution < 1.29 is 22.7 Å². The molecule has 0 radical (unpaired) electrons. The fraction of sp³-hybridized carbons (Fsp3) is 0.480. The van der Waals surface area contributed by atoms with E-state index in [0.717, 1.165) is 24.2 Å². The van der Waals surface area contributed by atoms with Crippen LogP contribution in [0.15, 0.2) is 48.5 Å². The third-order valence-corrected chi connectivity index (χ3v) is 7.78. The normalized spacial score (nSPS) is 21.8. The van der Waals surface area contributed by atoms with Gasteiger partial charge in [0.05, 0.1) is 23.2 Å². The summed E-state index contributed by atoms with van der Waals surface area (Å²) >= 11 is 0. The molecule has 1 fully saturated rings. The van der Waals surface area contributed by atoms with Crippen molar-refractivity contribution in [2.24, 2.45) is 0 Å². The number of hydrogen-bond acceptors (Lipinski definition) is 5. The Morgan fingerprint density at radius 1 is 0.968 bits per heavy atom. The van der Waals surface area contributed by atoms with E-state index >= 15 is 0 Å². The molecule has 0 spiro atoms. The second-order valence-electron chi connectivity index (χ2n) is 8.77. The highest BCUT2D eigenvalue weighted by molar-refractivity contribution is 7.91. The molecule has 1 saturated heterocycles. The van der Waals surface area contributed by atoms with Crippen LogP contribution in [0.5, 0.6) is 5.75 Å². The minimum Gasteiger partial charge on any atom is -0.490 e. The van der Waals surface area contributed by atoms with Crippen LogP contribution in [0.1, 0.15) is 62.0 Å². The van der Waals surface area contributed by atoms with Gasteiger partial charge in [-0.05, 0) is 51.0 Å². The van der Waals surface area contributed by atoms with Gasteiger partial charge in [0.1, 0.15) is 11.9 Å². The Balaban J connectivity index is 1.57. The molecule has 2 unspecified atom stereocenters. The quantitative estimate of drug-likeness (QED) is 0.549. The molecular formula is C25H32O5S. The molecule has 1 aliphatic rings. The van der Waals surface area contributed by atoms with Crippen molar-refractivity contribution in [2.45, 2.75) is 76.3 Å². The van der Waals surface area contributed by atoms with E-state index in [0.29, 0.717) is 11.1 Å². The monoisotopic (exact) mass is 444 g/mol. The predicted molar refractivity (Wildman–Crippen MR) is 122 cm³/mol. The average Bonchev–Trinajstić information content (AvgIpc) is 2.69. The van der Waals surface area contributed by atoms with Gasteiger partial charge >= 0.3 is 0 Å². The Morgan fingerprint density at radius 3 is 2.06 bits per heavy atom. The van der Waals surface area contributed by atoms with E-state index in [-0.39, 0.29) is 36.3 Å². The molecule has 5 nitrogen and oxygen atoms in total.